The van der Waals surface area contributed by atoms with E-state index in [0.29, 0.717) is 11.8 Å². The number of carbonyl (C=O) groups is 1. The Kier molecular flexibility index (Phi) is 5.79. The molecular formula is C21H32N2OS. The molecule has 0 radical (unpaired) electrons. The number of hydrogen-bond donors (Lipinski definition) is 1. The first kappa shape index (κ1) is 18.8. The summed E-state index contributed by atoms with van der Waals surface area (Å²) in [5, 5.41) is 3.25. The molecule has 1 aliphatic heterocycles. The summed E-state index contributed by atoms with van der Waals surface area (Å²) in [6.45, 7) is 11.1. The van der Waals surface area contributed by atoms with Crippen LogP contribution in [-0.2, 0) is 10.2 Å². The molecule has 3 rings (SSSR count). The smallest absolute Gasteiger partial charge is 0.230 e. The second-order valence-electron chi connectivity index (χ2n) is 8.63. The van der Waals surface area contributed by atoms with Gasteiger partial charge in [0.1, 0.15) is 0 Å². The van der Waals surface area contributed by atoms with Crippen LogP contribution in [0.5, 0.6) is 0 Å². The highest BCUT2D eigenvalue weighted by atomic mass is 32.2. The Labute approximate surface area is 156 Å². The summed E-state index contributed by atoms with van der Waals surface area (Å²) in [5.74, 6) is 0.688. The normalized spacial score (nSPS) is 19.8. The highest BCUT2D eigenvalue weighted by Crippen LogP contribution is 2.30. The van der Waals surface area contributed by atoms with Crippen LogP contribution in [0, 0.1) is 6.92 Å². The summed E-state index contributed by atoms with van der Waals surface area (Å²) in [5.41, 5.74) is 2.72. The lowest BCUT2D eigenvalue weighted by molar-refractivity contribution is -0.119. The van der Waals surface area contributed by atoms with Crippen LogP contribution < -0.4 is 5.32 Å². The average Bonchev–Trinajstić information content (AvgIpc) is 3.38. The van der Waals surface area contributed by atoms with Gasteiger partial charge in [-0.25, -0.2) is 0 Å². The largest absolute Gasteiger partial charge is 0.353 e. The maximum Gasteiger partial charge on any atom is 0.230 e. The highest BCUT2D eigenvalue weighted by molar-refractivity contribution is 8.00. The van der Waals surface area contributed by atoms with Crippen molar-refractivity contribution in [2.45, 2.75) is 75.8 Å². The van der Waals surface area contributed by atoms with E-state index in [0.717, 1.165) is 32.0 Å². The van der Waals surface area contributed by atoms with Crippen molar-refractivity contribution in [2.75, 3.05) is 18.8 Å². The van der Waals surface area contributed by atoms with Crippen molar-refractivity contribution in [3.8, 4) is 0 Å². The number of amides is 1. The second kappa shape index (κ2) is 7.71. The van der Waals surface area contributed by atoms with E-state index in [9.17, 15) is 4.79 Å². The molecule has 1 saturated carbocycles. The Morgan fingerprint density at radius 1 is 1.20 bits per heavy atom. The lowest BCUT2D eigenvalue weighted by atomic mass is 9.87. The predicted molar refractivity (Wildman–Crippen MR) is 106 cm³/mol. The third-order valence-electron chi connectivity index (χ3n) is 5.37. The number of carbonyl (C=O) groups excluding carboxylic acids is 1. The molecule has 25 heavy (non-hydrogen) atoms. The van der Waals surface area contributed by atoms with Crippen LogP contribution in [0.15, 0.2) is 23.1 Å². The minimum Gasteiger partial charge on any atom is -0.353 e. The van der Waals surface area contributed by atoms with Crippen molar-refractivity contribution >= 4 is 17.7 Å². The van der Waals surface area contributed by atoms with Crippen molar-refractivity contribution in [3.05, 3.63) is 29.3 Å². The number of thioether (sulfide) groups is 1. The molecule has 0 unspecified atom stereocenters. The predicted octanol–water partition coefficient (Wildman–Crippen LogP) is 4.13. The summed E-state index contributed by atoms with van der Waals surface area (Å²) in [6.07, 6.45) is 4.96. The van der Waals surface area contributed by atoms with E-state index < -0.39 is 0 Å². The molecule has 3 nitrogen and oxygen atoms in total. The number of rotatable bonds is 5. The summed E-state index contributed by atoms with van der Waals surface area (Å²) in [7, 11) is 0. The first-order chi connectivity index (χ1) is 11.8. The van der Waals surface area contributed by atoms with Crippen molar-refractivity contribution in [3.63, 3.8) is 0 Å². The van der Waals surface area contributed by atoms with Gasteiger partial charge >= 0.3 is 0 Å². The fourth-order valence-corrected chi connectivity index (χ4v) is 4.36. The third-order valence-corrected chi connectivity index (χ3v) is 6.53. The SMILES string of the molecule is Cc1ccc(C(C)(C)C)cc1SCC(=O)NC1CCN(C2CC2)CC1. The molecule has 1 amide bonds. The van der Waals surface area contributed by atoms with Crippen LogP contribution >= 0.6 is 11.8 Å². The molecule has 1 aromatic carbocycles. The van der Waals surface area contributed by atoms with Crippen LogP contribution in [0.25, 0.3) is 0 Å². The van der Waals surface area contributed by atoms with E-state index in [1.165, 1.54) is 28.9 Å². The highest BCUT2D eigenvalue weighted by Gasteiger charge is 2.32. The van der Waals surface area contributed by atoms with Crippen LogP contribution in [-0.4, -0.2) is 41.7 Å². The monoisotopic (exact) mass is 360 g/mol. The maximum atomic E-state index is 12.4. The molecule has 2 fully saturated rings. The van der Waals surface area contributed by atoms with Crippen molar-refractivity contribution in [2.24, 2.45) is 0 Å². The number of benzene rings is 1. The van der Waals surface area contributed by atoms with Crippen LogP contribution in [0.4, 0.5) is 0 Å². The quantitative estimate of drug-likeness (QED) is 0.802. The Balaban J connectivity index is 1.47. The maximum absolute atomic E-state index is 12.4. The van der Waals surface area contributed by atoms with E-state index in [-0.39, 0.29) is 11.3 Å². The Hall–Kier alpha value is -1.00. The summed E-state index contributed by atoms with van der Waals surface area (Å²) >= 11 is 1.67. The molecule has 2 aliphatic rings. The fourth-order valence-electron chi connectivity index (χ4n) is 3.48. The third kappa shape index (κ3) is 5.24. The van der Waals surface area contributed by atoms with Gasteiger partial charge < -0.3 is 10.2 Å². The number of nitrogens with zero attached hydrogens (tertiary/aromatic N) is 1. The number of likely N-dealkylation sites (tertiary alicyclic amines) is 1. The standard InChI is InChI=1S/C21H32N2OS/c1-15-5-6-16(21(2,3)4)13-19(15)25-14-20(24)22-17-9-11-23(12-10-17)18-7-8-18/h5-6,13,17-18H,7-12,14H2,1-4H3,(H,22,24). The van der Waals surface area contributed by atoms with E-state index >= 15 is 0 Å². The number of aryl methyl sites for hydroxylation is 1. The van der Waals surface area contributed by atoms with Gasteiger partial charge in [0.25, 0.3) is 0 Å². The minimum atomic E-state index is 0.140. The molecule has 4 heteroatoms. The van der Waals surface area contributed by atoms with Crippen LogP contribution in [0.2, 0.25) is 0 Å². The molecule has 138 valence electrons. The molecule has 1 aliphatic carbocycles. The fraction of sp³-hybridized carbons (Fsp3) is 0.667. The van der Waals surface area contributed by atoms with Gasteiger partial charge in [0.15, 0.2) is 0 Å². The van der Waals surface area contributed by atoms with Crippen molar-refractivity contribution in [1.82, 2.24) is 10.2 Å². The van der Waals surface area contributed by atoms with E-state index in [4.69, 9.17) is 0 Å². The minimum absolute atomic E-state index is 0.140. The summed E-state index contributed by atoms with van der Waals surface area (Å²) in [4.78, 5) is 16.2. The van der Waals surface area contributed by atoms with Crippen molar-refractivity contribution < 1.29 is 4.79 Å². The van der Waals surface area contributed by atoms with Crippen LogP contribution in [0.1, 0.15) is 57.6 Å². The molecule has 0 spiro atoms. The zero-order valence-corrected chi connectivity index (χ0v) is 16.9. The zero-order chi connectivity index (χ0) is 18.0. The molecule has 1 heterocycles. The molecule has 0 atom stereocenters. The van der Waals surface area contributed by atoms with Gasteiger partial charge in [-0.1, -0.05) is 32.9 Å². The number of piperidine rings is 1. The van der Waals surface area contributed by atoms with Gasteiger partial charge in [-0.2, -0.15) is 0 Å². The van der Waals surface area contributed by atoms with Gasteiger partial charge in [-0.3, -0.25) is 4.79 Å². The zero-order valence-electron chi connectivity index (χ0n) is 16.1. The Morgan fingerprint density at radius 3 is 2.48 bits per heavy atom. The second-order valence-corrected chi connectivity index (χ2v) is 9.65. The summed E-state index contributed by atoms with van der Waals surface area (Å²) in [6, 6.07) is 7.85. The number of hydrogen-bond acceptors (Lipinski definition) is 3. The lowest BCUT2D eigenvalue weighted by Crippen LogP contribution is -2.45. The van der Waals surface area contributed by atoms with E-state index in [2.05, 4.69) is 56.1 Å². The van der Waals surface area contributed by atoms with Crippen molar-refractivity contribution in [1.29, 1.82) is 0 Å². The first-order valence-electron chi connectivity index (χ1n) is 9.60. The summed E-state index contributed by atoms with van der Waals surface area (Å²) < 4.78 is 0. The molecule has 1 saturated heterocycles. The van der Waals surface area contributed by atoms with Gasteiger partial charge in [0, 0.05) is 30.1 Å². The number of nitrogens with one attached hydrogen (secondary N) is 1. The van der Waals surface area contributed by atoms with E-state index in [1.54, 1.807) is 11.8 Å². The van der Waals surface area contributed by atoms with Crippen LogP contribution in [0.3, 0.4) is 0 Å². The Bertz CT molecular complexity index is 611. The Morgan fingerprint density at radius 2 is 1.88 bits per heavy atom. The molecule has 0 bridgehead atoms. The first-order valence-corrected chi connectivity index (χ1v) is 10.6. The molecule has 0 aromatic heterocycles. The van der Waals surface area contributed by atoms with Gasteiger partial charge in [-0.15, -0.1) is 11.8 Å². The van der Waals surface area contributed by atoms with Gasteiger partial charge in [-0.05, 0) is 55.2 Å². The average molecular weight is 361 g/mol. The topological polar surface area (TPSA) is 32.3 Å². The molecule has 1 N–H and O–H groups in total. The molecular weight excluding hydrogens is 328 g/mol. The molecule has 1 aromatic rings. The van der Waals surface area contributed by atoms with E-state index in [1.807, 2.05) is 0 Å². The lowest BCUT2D eigenvalue weighted by Gasteiger charge is -2.32. The van der Waals surface area contributed by atoms with Gasteiger partial charge in [0.05, 0.1) is 5.75 Å². The van der Waals surface area contributed by atoms with Gasteiger partial charge in [0.2, 0.25) is 5.91 Å².